The van der Waals surface area contributed by atoms with E-state index in [4.69, 9.17) is 9.47 Å². The standard InChI is InChI=1S/C10H10O2S/c1-11-7-12-10-6-8-4-2-3-5-9(8)13-10/h2-6H,7H2,1H3. The Kier molecular flexibility index (Phi) is 2.47. The Balaban J connectivity index is 2.28. The summed E-state index contributed by atoms with van der Waals surface area (Å²) in [6, 6.07) is 10.2. The Morgan fingerprint density at radius 3 is 2.92 bits per heavy atom. The fraction of sp³-hybridized carbons (Fsp3) is 0.200. The number of ether oxygens (including phenoxy) is 2. The minimum Gasteiger partial charge on any atom is -0.458 e. The van der Waals surface area contributed by atoms with E-state index in [0.29, 0.717) is 6.79 Å². The van der Waals surface area contributed by atoms with Crippen LogP contribution in [-0.4, -0.2) is 13.9 Å². The third kappa shape index (κ3) is 1.82. The summed E-state index contributed by atoms with van der Waals surface area (Å²) in [4.78, 5) is 0. The molecule has 0 unspecified atom stereocenters. The summed E-state index contributed by atoms with van der Waals surface area (Å²) in [5.74, 6) is 0. The Bertz CT molecular complexity index is 361. The Morgan fingerprint density at radius 1 is 1.31 bits per heavy atom. The van der Waals surface area contributed by atoms with Gasteiger partial charge in [0.15, 0.2) is 11.9 Å². The van der Waals surface area contributed by atoms with Crippen molar-refractivity contribution < 1.29 is 9.47 Å². The molecule has 0 saturated carbocycles. The number of hydrogen-bond donors (Lipinski definition) is 0. The molecule has 0 atom stereocenters. The first-order valence-electron chi connectivity index (χ1n) is 4.00. The molecule has 0 N–H and O–H groups in total. The molecule has 2 aromatic rings. The van der Waals surface area contributed by atoms with Gasteiger partial charge in [-0.05, 0) is 17.5 Å². The van der Waals surface area contributed by atoms with Crippen LogP contribution < -0.4 is 4.74 Å². The van der Waals surface area contributed by atoms with E-state index in [-0.39, 0.29) is 0 Å². The van der Waals surface area contributed by atoms with Gasteiger partial charge in [-0.1, -0.05) is 29.5 Å². The van der Waals surface area contributed by atoms with E-state index in [9.17, 15) is 0 Å². The highest BCUT2D eigenvalue weighted by Gasteiger charge is 2.00. The molecule has 0 amide bonds. The monoisotopic (exact) mass is 194 g/mol. The first-order valence-corrected chi connectivity index (χ1v) is 4.82. The summed E-state index contributed by atoms with van der Waals surface area (Å²) in [5, 5.41) is 2.13. The van der Waals surface area contributed by atoms with Crippen LogP contribution in [0.1, 0.15) is 0 Å². The van der Waals surface area contributed by atoms with Gasteiger partial charge >= 0.3 is 0 Å². The maximum Gasteiger partial charge on any atom is 0.189 e. The topological polar surface area (TPSA) is 18.5 Å². The van der Waals surface area contributed by atoms with Crippen molar-refractivity contribution in [3.63, 3.8) is 0 Å². The molecule has 1 aromatic heterocycles. The highest BCUT2D eigenvalue weighted by atomic mass is 32.1. The van der Waals surface area contributed by atoms with Gasteiger partial charge in [0.1, 0.15) is 0 Å². The van der Waals surface area contributed by atoms with Crippen molar-refractivity contribution in [2.24, 2.45) is 0 Å². The molecule has 0 fully saturated rings. The summed E-state index contributed by atoms with van der Waals surface area (Å²) >= 11 is 1.63. The van der Waals surface area contributed by atoms with Crippen molar-refractivity contribution in [3.05, 3.63) is 30.3 Å². The van der Waals surface area contributed by atoms with E-state index in [1.807, 2.05) is 18.2 Å². The molecule has 68 valence electrons. The third-order valence-corrected chi connectivity index (χ3v) is 2.75. The Morgan fingerprint density at radius 2 is 2.15 bits per heavy atom. The number of thiophene rings is 1. The molecule has 0 radical (unpaired) electrons. The average molecular weight is 194 g/mol. The second-order valence-electron chi connectivity index (χ2n) is 2.65. The van der Waals surface area contributed by atoms with E-state index < -0.39 is 0 Å². The Hall–Kier alpha value is -1.06. The molecule has 0 saturated heterocycles. The van der Waals surface area contributed by atoms with Gasteiger partial charge in [0.05, 0.1) is 0 Å². The van der Waals surface area contributed by atoms with E-state index in [2.05, 4.69) is 12.1 Å². The van der Waals surface area contributed by atoms with Crippen LogP contribution in [0.3, 0.4) is 0 Å². The number of methoxy groups -OCH3 is 1. The molecule has 0 aliphatic carbocycles. The summed E-state index contributed by atoms with van der Waals surface area (Å²) in [6.45, 7) is 0.312. The molecule has 2 rings (SSSR count). The fourth-order valence-electron chi connectivity index (χ4n) is 1.15. The summed E-state index contributed by atoms with van der Waals surface area (Å²) < 4.78 is 11.4. The molecular formula is C10H10O2S. The molecule has 13 heavy (non-hydrogen) atoms. The molecule has 0 aliphatic rings. The van der Waals surface area contributed by atoms with Gasteiger partial charge in [-0.15, -0.1) is 0 Å². The lowest BCUT2D eigenvalue weighted by Crippen LogP contribution is -1.96. The second-order valence-corrected chi connectivity index (χ2v) is 3.70. The maximum atomic E-state index is 5.34. The summed E-state index contributed by atoms with van der Waals surface area (Å²) in [7, 11) is 1.62. The predicted molar refractivity (Wildman–Crippen MR) is 54.3 cm³/mol. The Labute approximate surface area is 80.7 Å². The lowest BCUT2D eigenvalue weighted by atomic mass is 10.3. The molecule has 0 aliphatic heterocycles. The van der Waals surface area contributed by atoms with Gasteiger partial charge in [0, 0.05) is 11.8 Å². The normalized spacial score (nSPS) is 10.5. The van der Waals surface area contributed by atoms with Crippen molar-refractivity contribution in [3.8, 4) is 5.06 Å². The highest BCUT2D eigenvalue weighted by Crippen LogP contribution is 2.31. The zero-order valence-corrected chi connectivity index (χ0v) is 8.14. The van der Waals surface area contributed by atoms with E-state index in [1.165, 1.54) is 10.1 Å². The van der Waals surface area contributed by atoms with Crippen molar-refractivity contribution in [1.29, 1.82) is 0 Å². The van der Waals surface area contributed by atoms with Crippen LogP contribution in [0.2, 0.25) is 0 Å². The lowest BCUT2D eigenvalue weighted by molar-refractivity contribution is 0.0539. The van der Waals surface area contributed by atoms with Crippen molar-refractivity contribution in [1.82, 2.24) is 0 Å². The average Bonchev–Trinajstić information content (AvgIpc) is 2.57. The van der Waals surface area contributed by atoms with Crippen molar-refractivity contribution >= 4 is 21.4 Å². The van der Waals surface area contributed by atoms with Crippen LogP contribution in [-0.2, 0) is 4.74 Å². The van der Waals surface area contributed by atoms with Gasteiger partial charge in [-0.3, -0.25) is 0 Å². The first-order chi connectivity index (χ1) is 6.40. The van der Waals surface area contributed by atoms with Gasteiger partial charge in [-0.25, -0.2) is 0 Å². The molecular weight excluding hydrogens is 184 g/mol. The molecule has 1 heterocycles. The number of fused-ring (bicyclic) bond motifs is 1. The largest absolute Gasteiger partial charge is 0.458 e. The van der Waals surface area contributed by atoms with E-state index >= 15 is 0 Å². The summed E-state index contributed by atoms with van der Waals surface area (Å²) in [5.41, 5.74) is 0. The van der Waals surface area contributed by atoms with E-state index in [0.717, 1.165) is 5.06 Å². The maximum absolute atomic E-state index is 5.34. The van der Waals surface area contributed by atoms with Gasteiger partial charge in [0.2, 0.25) is 0 Å². The number of benzene rings is 1. The zero-order valence-electron chi connectivity index (χ0n) is 7.32. The molecule has 0 bridgehead atoms. The predicted octanol–water partition coefficient (Wildman–Crippen LogP) is 2.88. The quantitative estimate of drug-likeness (QED) is 0.699. The lowest BCUT2D eigenvalue weighted by Gasteiger charge is -1.98. The molecule has 3 heteroatoms. The minimum absolute atomic E-state index is 0.312. The fourth-order valence-corrected chi connectivity index (χ4v) is 2.05. The van der Waals surface area contributed by atoms with Crippen LogP contribution in [0.4, 0.5) is 0 Å². The third-order valence-electron chi connectivity index (χ3n) is 1.72. The molecule has 0 spiro atoms. The van der Waals surface area contributed by atoms with Gasteiger partial charge < -0.3 is 9.47 Å². The van der Waals surface area contributed by atoms with Crippen LogP contribution in [0.25, 0.3) is 10.1 Å². The second kappa shape index (κ2) is 3.77. The van der Waals surface area contributed by atoms with Gasteiger partial charge in [-0.2, -0.15) is 0 Å². The molecule has 2 nitrogen and oxygen atoms in total. The van der Waals surface area contributed by atoms with Crippen LogP contribution in [0.15, 0.2) is 30.3 Å². The minimum atomic E-state index is 0.312. The van der Waals surface area contributed by atoms with Crippen LogP contribution >= 0.6 is 11.3 Å². The van der Waals surface area contributed by atoms with Crippen LogP contribution in [0.5, 0.6) is 5.06 Å². The summed E-state index contributed by atoms with van der Waals surface area (Å²) in [6.07, 6.45) is 0. The zero-order chi connectivity index (χ0) is 9.10. The van der Waals surface area contributed by atoms with Crippen molar-refractivity contribution in [2.75, 3.05) is 13.9 Å². The number of rotatable bonds is 3. The molecule has 1 aromatic carbocycles. The smallest absolute Gasteiger partial charge is 0.189 e. The SMILES string of the molecule is COCOc1cc2ccccc2s1. The first kappa shape index (κ1) is 8.53. The van der Waals surface area contributed by atoms with E-state index in [1.54, 1.807) is 18.4 Å². The van der Waals surface area contributed by atoms with Gasteiger partial charge in [0.25, 0.3) is 0 Å². The van der Waals surface area contributed by atoms with Crippen molar-refractivity contribution in [2.45, 2.75) is 0 Å². The number of hydrogen-bond acceptors (Lipinski definition) is 3. The van der Waals surface area contributed by atoms with Crippen LogP contribution in [0, 0.1) is 0 Å². The highest BCUT2D eigenvalue weighted by molar-refractivity contribution is 7.20.